The molecule has 0 atom stereocenters. The van der Waals surface area contributed by atoms with Crippen LogP contribution in [0.2, 0.25) is 0 Å². The summed E-state index contributed by atoms with van der Waals surface area (Å²) in [7, 11) is 0. The number of hydrogen-bond acceptors (Lipinski definition) is 4. The molecule has 8 heteroatoms. The summed E-state index contributed by atoms with van der Waals surface area (Å²) in [6.45, 7) is 11.0. The highest BCUT2D eigenvalue weighted by Crippen LogP contribution is 2.22. The molecule has 0 bridgehead atoms. The number of anilines is 1. The van der Waals surface area contributed by atoms with E-state index in [9.17, 15) is 9.59 Å². The fourth-order valence-corrected chi connectivity index (χ4v) is 3.77. The first-order chi connectivity index (χ1) is 14.7. The number of urea groups is 2. The number of benzene rings is 1. The van der Waals surface area contributed by atoms with E-state index in [1.165, 1.54) is 0 Å². The normalized spacial score (nSPS) is 15.5. The Balaban J connectivity index is 1.39. The highest BCUT2D eigenvalue weighted by Gasteiger charge is 2.22. The Labute approximate surface area is 184 Å². The number of aryl methyl sites for hydroxylation is 1. The summed E-state index contributed by atoms with van der Waals surface area (Å²) in [6, 6.07) is 9.53. The van der Waals surface area contributed by atoms with Crippen LogP contribution in [0.4, 0.5) is 15.3 Å². The van der Waals surface area contributed by atoms with Crippen LogP contribution < -0.4 is 21.3 Å². The predicted molar refractivity (Wildman–Crippen MR) is 124 cm³/mol. The van der Waals surface area contributed by atoms with E-state index in [0.717, 1.165) is 54.8 Å². The lowest BCUT2D eigenvalue weighted by Gasteiger charge is -2.33. The molecule has 0 spiro atoms. The van der Waals surface area contributed by atoms with Gasteiger partial charge in [-0.1, -0.05) is 18.2 Å². The van der Waals surface area contributed by atoms with Gasteiger partial charge < -0.3 is 26.2 Å². The minimum Gasteiger partial charge on any atom is -0.337 e. The zero-order chi connectivity index (χ0) is 22.4. The lowest BCUT2D eigenvalue weighted by molar-refractivity contribution is 0.189. The van der Waals surface area contributed by atoms with Crippen LogP contribution in [0.3, 0.4) is 0 Å². The monoisotopic (exact) mass is 426 g/mol. The molecule has 1 aliphatic heterocycles. The molecule has 4 amide bonds. The SMILES string of the molecule is Cc1cc(NC(=O)NCCN2CCC(NC(=O)NC(C)(C)C)CC2)c2ccccc2n1. The molecule has 0 unspecified atom stereocenters. The first-order valence-corrected chi connectivity index (χ1v) is 10.9. The molecule has 3 rings (SSSR count). The van der Waals surface area contributed by atoms with Crippen molar-refractivity contribution in [3.05, 3.63) is 36.0 Å². The summed E-state index contributed by atoms with van der Waals surface area (Å²) in [6.07, 6.45) is 1.82. The third-order valence-electron chi connectivity index (χ3n) is 5.22. The molecule has 0 saturated carbocycles. The van der Waals surface area contributed by atoms with Gasteiger partial charge in [0.05, 0.1) is 11.2 Å². The number of piperidine rings is 1. The third kappa shape index (κ3) is 7.10. The van der Waals surface area contributed by atoms with Crippen LogP contribution in [0, 0.1) is 6.92 Å². The van der Waals surface area contributed by atoms with Gasteiger partial charge in [-0.3, -0.25) is 4.98 Å². The van der Waals surface area contributed by atoms with Crippen LogP contribution in [-0.4, -0.2) is 59.7 Å². The van der Waals surface area contributed by atoms with E-state index in [1.54, 1.807) is 0 Å². The molecule has 4 N–H and O–H groups in total. The number of carbonyl (C=O) groups excluding carboxylic acids is 2. The minimum absolute atomic E-state index is 0.108. The van der Waals surface area contributed by atoms with Gasteiger partial charge in [0.25, 0.3) is 0 Å². The van der Waals surface area contributed by atoms with Crippen molar-refractivity contribution < 1.29 is 9.59 Å². The van der Waals surface area contributed by atoms with Gasteiger partial charge >= 0.3 is 12.1 Å². The number of nitrogens with zero attached hydrogens (tertiary/aromatic N) is 2. The van der Waals surface area contributed by atoms with E-state index in [1.807, 2.05) is 58.0 Å². The van der Waals surface area contributed by atoms with Crippen molar-refractivity contribution >= 4 is 28.7 Å². The van der Waals surface area contributed by atoms with Crippen LogP contribution in [0.1, 0.15) is 39.3 Å². The molecule has 1 fully saturated rings. The van der Waals surface area contributed by atoms with Gasteiger partial charge in [-0.15, -0.1) is 0 Å². The van der Waals surface area contributed by atoms with Crippen LogP contribution in [0.5, 0.6) is 0 Å². The molecule has 0 aliphatic carbocycles. The standard InChI is InChI=1S/C23H34N6O2/c1-16-15-20(18-7-5-6-8-19(18)25-16)27-21(30)24-11-14-29-12-9-17(10-13-29)26-22(31)28-23(2,3)4/h5-8,15,17H,9-14H2,1-4H3,(H2,26,28,31)(H2,24,25,27,30). The molecule has 2 aromatic rings. The van der Waals surface area contributed by atoms with Crippen molar-refractivity contribution in [2.75, 3.05) is 31.5 Å². The maximum absolute atomic E-state index is 12.4. The number of likely N-dealkylation sites (tertiary alicyclic amines) is 1. The number of rotatable bonds is 5. The largest absolute Gasteiger partial charge is 0.337 e. The van der Waals surface area contributed by atoms with Gasteiger partial charge in [0.1, 0.15) is 0 Å². The second-order valence-corrected chi connectivity index (χ2v) is 9.17. The Morgan fingerprint density at radius 3 is 2.55 bits per heavy atom. The Morgan fingerprint density at radius 2 is 1.84 bits per heavy atom. The van der Waals surface area contributed by atoms with Gasteiger partial charge in [-0.25, -0.2) is 9.59 Å². The molecule has 2 heterocycles. The third-order valence-corrected chi connectivity index (χ3v) is 5.22. The number of amides is 4. The summed E-state index contributed by atoms with van der Waals surface area (Å²) < 4.78 is 0. The minimum atomic E-state index is -0.238. The second kappa shape index (κ2) is 9.96. The molecular formula is C23H34N6O2. The number of nitrogens with one attached hydrogen (secondary N) is 4. The molecule has 31 heavy (non-hydrogen) atoms. The van der Waals surface area contributed by atoms with E-state index >= 15 is 0 Å². The van der Waals surface area contributed by atoms with Gasteiger partial charge in [-0.05, 0) is 52.7 Å². The van der Waals surface area contributed by atoms with Crippen molar-refractivity contribution in [3.8, 4) is 0 Å². The maximum Gasteiger partial charge on any atom is 0.319 e. The van der Waals surface area contributed by atoms with Crippen molar-refractivity contribution in [3.63, 3.8) is 0 Å². The Kier molecular flexibility index (Phi) is 7.33. The maximum atomic E-state index is 12.4. The van der Waals surface area contributed by atoms with Crippen molar-refractivity contribution in [1.29, 1.82) is 0 Å². The Morgan fingerprint density at radius 1 is 1.13 bits per heavy atom. The number of para-hydroxylation sites is 1. The van der Waals surface area contributed by atoms with E-state index in [2.05, 4.69) is 31.2 Å². The van der Waals surface area contributed by atoms with Gasteiger partial charge in [0.15, 0.2) is 0 Å². The lowest BCUT2D eigenvalue weighted by atomic mass is 10.1. The Hall–Kier alpha value is -2.87. The Bertz CT molecular complexity index is 916. The molecule has 1 aliphatic rings. The average Bonchev–Trinajstić information content (AvgIpc) is 2.67. The first-order valence-electron chi connectivity index (χ1n) is 10.9. The quantitative estimate of drug-likeness (QED) is 0.590. The predicted octanol–water partition coefficient (Wildman–Crippen LogP) is 3.23. The van der Waals surface area contributed by atoms with Crippen LogP contribution in [0.25, 0.3) is 10.9 Å². The highest BCUT2D eigenvalue weighted by molar-refractivity contribution is 6.00. The molecule has 8 nitrogen and oxygen atoms in total. The molecule has 1 saturated heterocycles. The highest BCUT2D eigenvalue weighted by atomic mass is 16.2. The van der Waals surface area contributed by atoms with Gasteiger partial charge in [-0.2, -0.15) is 0 Å². The van der Waals surface area contributed by atoms with E-state index in [-0.39, 0.29) is 23.6 Å². The summed E-state index contributed by atoms with van der Waals surface area (Å²) >= 11 is 0. The van der Waals surface area contributed by atoms with Crippen molar-refractivity contribution in [2.24, 2.45) is 0 Å². The number of carbonyl (C=O) groups is 2. The van der Waals surface area contributed by atoms with Crippen molar-refractivity contribution in [2.45, 2.75) is 52.1 Å². The average molecular weight is 427 g/mol. The van der Waals surface area contributed by atoms with Gasteiger partial charge in [0.2, 0.25) is 0 Å². The topological polar surface area (TPSA) is 98.4 Å². The van der Waals surface area contributed by atoms with Crippen LogP contribution >= 0.6 is 0 Å². The summed E-state index contributed by atoms with van der Waals surface area (Å²) in [5, 5.41) is 12.8. The van der Waals surface area contributed by atoms with E-state index in [4.69, 9.17) is 0 Å². The van der Waals surface area contributed by atoms with Crippen LogP contribution in [0.15, 0.2) is 30.3 Å². The molecule has 1 aromatic heterocycles. The van der Waals surface area contributed by atoms with Crippen molar-refractivity contribution in [1.82, 2.24) is 25.8 Å². The van der Waals surface area contributed by atoms with Crippen LogP contribution in [-0.2, 0) is 0 Å². The molecule has 1 aromatic carbocycles. The molecule has 168 valence electrons. The summed E-state index contributed by atoms with van der Waals surface area (Å²) in [4.78, 5) is 31.2. The van der Waals surface area contributed by atoms with E-state index < -0.39 is 0 Å². The molecular weight excluding hydrogens is 392 g/mol. The number of pyridine rings is 1. The van der Waals surface area contributed by atoms with Gasteiger partial charge in [0, 0.05) is 48.8 Å². The number of aromatic nitrogens is 1. The number of hydrogen-bond donors (Lipinski definition) is 4. The summed E-state index contributed by atoms with van der Waals surface area (Å²) in [5.74, 6) is 0. The van der Waals surface area contributed by atoms with E-state index in [0.29, 0.717) is 6.54 Å². The zero-order valence-corrected chi connectivity index (χ0v) is 18.9. The lowest BCUT2D eigenvalue weighted by Crippen LogP contribution is -2.52. The fourth-order valence-electron chi connectivity index (χ4n) is 3.77. The smallest absolute Gasteiger partial charge is 0.319 e. The first kappa shape index (κ1) is 22.8. The fraction of sp³-hybridized carbons (Fsp3) is 0.522. The zero-order valence-electron chi connectivity index (χ0n) is 18.9. The number of fused-ring (bicyclic) bond motifs is 1. The molecule has 0 radical (unpaired) electrons. The second-order valence-electron chi connectivity index (χ2n) is 9.17. The summed E-state index contributed by atoms with van der Waals surface area (Å²) in [5.41, 5.74) is 2.26.